The minimum Gasteiger partial charge on any atom is -0.406 e. The Bertz CT molecular complexity index is 935. The zero-order valence-electron chi connectivity index (χ0n) is 17.1. The zero-order valence-corrected chi connectivity index (χ0v) is 18.7. The quantitative estimate of drug-likeness (QED) is 0.645. The summed E-state index contributed by atoms with van der Waals surface area (Å²) < 4.78 is 14.6. The van der Waals surface area contributed by atoms with Crippen molar-refractivity contribution in [2.75, 3.05) is 13.2 Å². The molecule has 1 saturated heterocycles. The van der Waals surface area contributed by atoms with E-state index in [-0.39, 0.29) is 11.7 Å². The molecule has 29 heavy (non-hydrogen) atoms. The summed E-state index contributed by atoms with van der Waals surface area (Å²) in [6, 6.07) is 8.04. The van der Waals surface area contributed by atoms with Crippen LogP contribution < -0.4 is 0 Å². The summed E-state index contributed by atoms with van der Waals surface area (Å²) in [6.45, 7) is 6.88. The maximum absolute atomic E-state index is 13.0. The molecule has 4 rings (SSSR count). The number of nitrogens with one attached hydrogen (secondary N) is 1. The predicted molar refractivity (Wildman–Crippen MR) is 114 cm³/mol. The third kappa shape index (κ3) is 4.46. The molecular formula is C22H27BrN3O3+. The van der Waals surface area contributed by atoms with Gasteiger partial charge in [-0.1, -0.05) is 28.1 Å². The first kappa shape index (κ1) is 20.3. The van der Waals surface area contributed by atoms with Gasteiger partial charge in [-0.25, -0.2) is 4.98 Å². The lowest BCUT2D eigenvalue weighted by molar-refractivity contribution is -0.460. The second-order valence-corrected chi connectivity index (χ2v) is 9.75. The van der Waals surface area contributed by atoms with Gasteiger partial charge in [0.1, 0.15) is 11.2 Å². The van der Waals surface area contributed by atoms with Gasteiger partial charge in [-0.05, 0) is 57.7 Å². The number of benzene rings is 1. The van der Waals surface area contributed by atoms with Gasteiger partial charge in [0.2, 0.25) is 5.71 Å². The van der Waals surface area contributed by atoms with Crippen LogP contribution in [0.1, 0.15) is 52.3 Å². The summed E-state index contributed by atoms with van der Waals surface area (Å²) in [5.41, 5.74) is 1.89. The Kier molecular flexibility index (Phi) is 5.38. The number of aromatic amines is 1. The lowest BCUT2D eigenvalue weighted by Gasteiger charge is -2.30. The van der Waals surface area contributed by atoms with E-state index >= 15 is 0 Å². The standard InChI is InChI=1S/C22H26BrN3O3/c1-21(2,3)29-20(27)26-14-22(10-4-5-11-28-22)12-18(26)19-24-13-17(25-19)15-6-8-16(23)9-7-15/h6-9,13H,4-5,10-12,14H2,1-3H3/p+1. The minimum absolute atomic E-state index is 0.338. The third-order valence-corrected chi connectivity index (χ3v) is 5.84. The molecule has 1 aromatic carbocycles. The van der Waals surface area contributed by atoms with E-state index in [9.17, 15) is 4.79 Å². The van der Waals surface area contributed by atoms with Crippen LogP contribution in [0.4, 0.5) is 4.79 Å². The molecule has 1 amide bonds. The Morgan fingerprint density at radius 1 is 1.28 bits per heavy atom. The van der Waals surface area contributed by atoms with Crippen molar-refractivity contribution in [1.82, 2.24) is 9.97 Å². The Morgan fingerprint density at radius 2 is 2.03 bits per heavy atom. The molecule has 1 N–H and O–H groups in total. The van der Waals surface area contributed by atoms with Crippen LogP contribution >= 0.6 is 15.9 Å². The summed E-state index contributed by atoms with van der Waals surface area (Å²) in [5.74, 6) is 0.694. The number of H-pyrrole nitrogens is 1. The van der Waals surface area contributed by atoms with Crippen molar-refractivity contribution in [2.45, 2.75) is 57.7 Å². The molecule has 1 atom stereocenters. The van der Waals surface area contributed by atoms with Gasteiger partial charge in [-0.3, -0.25) is 0 Å². The van der Waals surface area contributed by atoms with Gasteiger partial charge in [0, 0.05) is 11.1 Å². The number of aromatic nitrogens is 2. The van der Waals surface area contributed by atoms with Crippen LogP contribution in [0, 0.1) is 0 Å². The van der Waals surface area contributed by atoms with E-state index in [0.717, 1.165) is 47.3 Å². The van der Waals surface area contributed by atoms with E-state index in [1.807, 2.05) is 51.2 Å². The maximum Gasteiger partial charge on any atom is 0.597 e. The van der Waals surface area contributed by atoms with Gasteiger partial charge < -0.3 is 14.5 Å². The van der Waals surface area contributed by atoms with Crippen LogP contribution in [0.25, 0.3) is 11.3 Å². The molecule has 154 valence electrons. The van der Waals surface area contributed by atoms with E-state index in [1.165, 1.54) is 0 Å². The predicted octanol–water partition coefficient (Wildman–Crippen LogP) is 4.92. The Morgan fingerprint density at radius 3 is 2.69 bits per heavy atom. The zero-order chi connectivity index (χ0) is 20.6. The average molecular weight is 461 g/mol. The highest BCUT2D eigenvalue weighted by Crippen LogP contribution is 2.35. The van der Waals surface area contributed by atoms with Crippen LogP contribution in [-0.2, 0) is 9.47 Å². The number of halogens is 1. The van der Waals surface area contributed by atoms with Gasteiger partial charge in [0.05, 0.1) is 18.3 Å². The summed E-state index contributed by atoms with van der Waals surface area (Å²) in [5, 5.41) is 0. The maximum atomic E-state index is 13.0. The van der Waals surface area contributed by atoms with Crippen LogP contribution in [0.2, 0.25) is 0 Å². The molecule has 1 fully saturated rings. The summed E-state index contributed by atoms with van der Waals surface area (Å²) >= 11 is 3.46. The lowest BCUT2D eigenvalue weighted by atomic mass is 9.91. The van der Waals surface area contributed by atoms with Crippen molar-refractivity contribution < 1.29 is 18.8 Å². The second kappa shape index (κ2) is 7.69. The average Bonchev–Trinajstić information content (AvgIpc) is 3.27. The Labute approximate surface area is 179 Å². The van der Waals surface area contributed by atoms with Crippen molar-refractivity contribution in [1.29, 1.82) is 0 Å². The number of ether oxygens (including phenoxy) is 2. The first-order valence-corrected chi connectivity index (χ1v) is 10.9. The SMILES string of the molecule is CC(C)(C)OC(=O)[N+]1=C(c2ncc(-c3ccc(Br)cc3)[nH]2)CC2(CCCCO2)C1. The fourth-order valence-electron chi connectivity index (χ4n) is 3.96. The molecule has 6 nitrogen and oxygen atoms in total. The third-order valence-electron chi connectivity index (χ3n) is 5.31. The van der Waals surface area contributed by atoms with E-state index in [4.69, 9.17) is 9.47 Å². The first-order chi connectivity index (χ1) is 13.7. The largest absolute Gasteiger partial charge is 0.597 e. The van der Waals surface area contributed by atoms with Gasteiger partial charge in [0.15, 0.2) is 12.4 Å². The van der Waals surface area contributed by atoms with Gasteiger partial charge >= 0.3 is 6.09 Å². The first-order valence-electron chi connectivity index (χ1n) is 10.1. The smallest absolute Gasteiger partial charge is 0.406 e. The van der Waals surface area contributed by atoms with Crippen LogP contribution in [0.3, 0.4) is 0 Å². The molecule has 0 aliphatic carbocycles. The fraction of sp³-hybridized carbons (Fsp3) is 0.500. The highest BCUT2D eigenvalue weighted by atomic mass is 79.9. The molecule has 2 aliphatic heterocycles. The van der Waals surface area contributed by atoms with Gasteiger partial charge in [-0.15, -0.1) is 4.58 Å². The van der Waals surface area contributed by atoms with Gasteiger partial charge in [0.25, 0.3) is 0 Å². The molecule has 1 aromatic heterocycles. The molecule has 7 heteroatoms. The van der Waals surface area contributed by atoms with Crippen molar-refractivity contribution in [3.05, 3.63) is 40.8 Å². The van der Waals surface area contributed by atoms with Crippen LogP contribution in [0.5, 0.6) is 0 Å². The summed E-state index contributed by atoms with van der Waals surface area (Å²) in [6.07, 6.45) is 5.23. The highest BCUT2D eigenvalue weighted by molar-refractivity contribution is 9.10. The Hall–Kier alpha value is -1.99. The molecule has 2 aliphatic rings. The van der Waals surface area contributed by atoms with E-state index in [0.29, 0.717) is 18.8 Å². The van der Waals surface area contributed by atoms with E-state index in [1.54, 1.807) is 4.58 Å². The topological polar surface area (TPSA) is 67.2 Å². The number of carbonyl (C=O) groups is 1. The monoisotopic (exact) mass is 460 g/mol. The van der Waals surface area contributed by atoms with Crippen molar-refractivity contribution in [3.63, 3.8) is 0 Å². The lowest BCUT2D eigenvalue weighted by Crippen LogP contribution is -2.41. The van der Waals surface area contributed by atoms with Crippen molar-refractivity contribution in [3.8, 4) is 11.3 Å². The molecule has 2 aromatic rings. The van der Waals surface area contributed by atoms with E-state index < -0.39 is 5.60 Å². The normalized spacial score (nSPS) is 22.3. The highest BCUT2D eigenvalue weighted by Gasteiger charge is 2.51. The van der Waals surface area contributed by atoms with Crippen LogP contribution in [-0.4, -0.2) is 50.7 Å². The number of imidazole rings is 1. The number of hydrogen-bond acceptors (Lipinski definition) is 4. The minimum atomic E-state index is -0.558. The molecule has 1 spiro atoms. The second-order valence-electron chi connectivity index (χ2n) is 8.83. The molecule has 0 saturated carbocycles. The molecule has 0 bridgehead atoms. The van der Waals surface area contributed by atoms with Crippen molar-refractivity contribution >= 4 is 27.7 Å². The van der Waals surface area contributed by atoms with Gasteiger partial charge in [-0.2, -0.15) is 4.79 Å². The summed E-state index contributed by atoms with van der Waals surface area (Å²) in [4.78, 5) is 21.0. The fourth-order valence-corrected chi connectivity index (χ4v) is 4.23. The number of carbonyl (C=O) groups excluding carboxylic acids is 1. The van der Waals surface area contributed by atoms with Crippen LogP contribution in [0.15, 0.2) is 34.9 Å². The van der Waals surface area contributed by atoms with E-state index in [2.05, 4.69) is 25.9 Å². The molecule has 3 heterocycles. The number of rotatable bonds is 2. The molecule has 0 radical (unpaired) electrons. The summed E-state index contributed by atoms with van der Waals surface area (Å²) in [7, 11) is 0. The molecular weight excluding hydrogens is 434 g/mol. The number of hydrogen-bond donors (Lipinski definition) is 1. The van der Waals surface area contributed by atoms with Crippen molar-refractivity contribution in [2.24, 2.45) is 0 Å². The number of amides is 1. The molecule has 1 unspecified atom stereocenters. The Balaban J connectivity index is 1.68. The number of nitrogens with zero attached hydrogens (tertiary/aromatic N) is 2.